The predicted molar refractivity (Wildman–Crippen MR) is 97.9 cm³/mol. The van der Waals surface area contributed by atoms with Crippen molar-refractivity contribution in [2.45, 2.75) is 19.3 Å². The summed E-state index contributed by atoms with van der Waals surface area (Å²) in [4.78, 5) is 25.6. The molecular formula is C18H22N2O4S. The molecule has 1 aromatic carbocycles. The molecule has 0 saturated carbocycles. The highest BCUT2D eigenvalue weighted by atomic mass is 32.2. The van der Waals surface area contributed by atoms with Gasteiger partial charge >= 0.3 is 0 Å². The van der Waals surface area contributed by atoms with Crippen LogP contribution in [0.4, 0.5) is 4.79 Å². The van der Waals surface area contributed by atoms with E-state index in [0.717, 1.165) is 37.0 Å². The molecule has 1 N–H and O–H groups in total. The van der Waals surface area contributed by atoms with Gasteiger partial charge in [-0.25, -0.2) is 0 Å². The fraction of sp³-hybridized carbons (Fsp3) is 0.444. The quantitative estimate of drug-likeness (QED) is 0.785. The zero-order valence-corrected chi connectivity index (χ0v) is 15.1. The van der Waals surface area contributed by atoms with Crippen molar-refractivity contribution >= 4 is 29.0 Å². The van der Waals surface area contributed by atoms with E-state index in [1.54, 1.807) is 19.3 Å². The van der Waals surface area contributed by atoms with Crippen LogP contribution in [0.2, 0.25) is 0 Å². The number of carbonyl (C=O) groups is 2. The van der Waals surface area contributed by atoms with Crippen molar-refractivity contribution < 1.29 is 19.1 Å². The number of rotatable bonds is 6. The van der Waals surface area contributed by atoms with Gasteiger partial charge in [-0.05, 0) is 61.5 Å². The number of piperidine rings is 1. The lowest BCUT2D eigenvalue weighted by molar-refractivity contribution is -0.115. The third kappa shape index (κ3) is 4.76. The molecule has 2 heterocycles. The number of methoxy groups -OCH3 is 1. The van der Waals surface area contributed by atoms with Gasteiger partial charge in [0, 0.05) is 6.54 Å². The fourth-order valence-electron chi connectivity index (χ4n) is 2.93. The second-order valence-corrected chi connectivity index (χ2v) is 7.03. The van der Waals surface area contributed by atoms with Crippen molar-refractivity contribution in [1.29, 1.82) is 0 Å². The average Bonchev–Trinajstić information content (AvgIpc) is 2.94. The number of thioether (sulfide) groups is 1. The molecule has 2 saturated heterocycles. The van der Waals surface area contributed by atoms with Gasteiger partial charge in [-0.15, -0.1) is 0 Å². The minimum Gasteiger partial charge on any atom is -0.493 e. The maximum absolute atomic E-state index is 11.6. The largest absolute Gasteiger partial charge is 0.493 e. The van der Waals surface area contributed by atoms with Crippen molar-refractivity contribution in [3.8, 4) is 11.5 Å². The molecule has 0 atom stereocenters. The van der Waals surface area contributed by atoms with E-state index in [1.807, 2.05) is 12.1 Å². The number of hydrogen-bond acceptors (Lipinski definition) is 6. The first-order valence-electron chi connectivity index (χ1n) is 8.44. The molecule has 134 valence electrons. The number of hydrogen-bond donors (Lipinski definition) is 1. The lowest BCUT2D eigenvalue weighted by atomic mass is 10.1. The maximum atomic E-state index is 11.6. The molecule has 2 aliphatic rings. The Morgan fingerprint density at radius 2 is 2.00 bits per heavy atom. The summed E-state index contributed by atoms with van der Waals surface area (Å²) in [6.45, 7) is 3.81. The summed E-state index contributed by atoms with van der Waals surface area (Å²) in [5.41, 5.74) is 0.785. The van der Waals surface area contributed by atoms with Crippen LogP contribution in [0.15, 0.2) is 23.1 Å². The van der Waals surface area contributed by atoms with Gasteiger partial charge in [-0.3, -0.25) is 19.8 Å². The number of carbonyl (C=O) groups excluding carboxylic acids is 2. The molecule has 2 aliphatic heterocycles. The molecule has 0 radical (unpaired) electrons. The Labute approximate surface area is 151 Å². The first-order chi connectivity index (χ1) is 12.2. The van der Waals surface area contributed by atoms with Crippen molar-refractivity contribution in [2.75, 3.05) is 33.4 Å². The third-order valence-electron chi connectivity index (χ3n) is 4.24. The normalized spacial score (nSPS) is 20.0. The summed E-state index contributed by atoms with van der Waals surface area (Å²) in [6.07, 6.45) is 5.52. The lowest BCUT2D eigenvalue weighted by Gasteiger charge is -2.26. The number of ether oxygens (including phenoxy) is 2. The van der Waals surface area contributed by atoms with Crippen LogP contribution < -0.4 is 14.8 Å². The zero-order valence-electron chi connectivity index (χ0n) is 14.2. The minimum atomic E-state index is -0.365. The van der Waals surface area contributed by atoms with E-state index in [4.69, 9.17) is 9.47 Å². The highest BCUT2D eigenvalue weighted by Crippen LogP contribution is 2.31. The number of nitrogens with zero attached hydrogens (tertiary/aromatic N) is 1. The SMILES string of the molecule is COc1cc(/C=C2/SC(=O)NC2=O)ccc1OCCN1CCCCC1. The van der Waals surface area contributed by atoms with Crippen molar-refractivity contribution in [2.24, 2.45) is 0 Å². The smallest absolute Gasteiger partial charge is 0.290 e. The summed E-state index contributed by atoms with van der Waals surface area (Å²) < 4.78 is 11.3. The van der Waals surface area contributed by atoms with Crippen molar-refractivity contribution in [3.05, 3.63) is 28.7 Å². The van der Waals surface area contributed by atoms with Crippen molar-refractivity contribution in [1.82, 2.24) is 10.2 Å². The van der Waals surface area contributed by atoms with E-state index in [0.29, 0.717) is 23.0 Å². The Kier molecular flexibility index (Phi) is 5.99. The van der Waals surface area contributed by atoms with Crippen LogP contribution in [0.1, 0.15) is 24.8 Å². The molecule has 0 aliphatic carbocycles. The Hall–Kier alpha value is -1.99. The van der Waals surface area contributed by atoms with Crippen molar-refractivity contribution in [3.63, 3.8) is 0 Å². The Morgan fingerprint density at radius 3 is 2.68 bits per heavy atom. The molecule has 0 unspecified atom stereocenters. The van der Waals surface area contributed by atoms with Crippen LogP contribution in [-0.4, -0.2) is 49.4 Å². The second kappa shape index (κ2) is 8.40. The highest BCUT2D eigenvalue weighted by molar-refractivity contribution is 8.18. The van der Waals surface area contributed by atoms with E-state index in [1.165, 1.54) is 19.3 Å². The minimum absolute atomic E-state index is 0.346. The molecule has 7 heteroatoms. The molecule has 2 fully saturated rings. The summed E-state index contributed by atoms with van der Waals surface area (Å²) in [5.74, 6) is 0.930. The molecule has 1 aromatic rings. The summed E-state index contributed by atoms with van der Waals surface area (Å²) in [6, 6.07) is 5.49. The summed E-state index contributed by atoms with van der Waals surface area (Å²) in [7, 11) is 1.59. The van der Waals surface area contributed by atoms with Gasteiger partial charge in [-0.2, -0.15) is 0 Å². The maximum Gasteiger partial charge on any atom is 0.290 e. The topological polar surface area (TPSA) is 67.9 Å². The van der Waals surface area contributed by atoms with Gasteiger partial charge in [-0.1, -0.05) is 12.5 Å². The van der Waals surface area contributed by atoms with Crippen LogP contribution in [-0.2, 0) is 4.79 Å². The Balaban J connectivity index is 1.62. The van der Waals surface area contributed by atoms with E-state index in [-0.39, 0.29) is 11.1 Å². The molecule has 2 amide bonds. The monoisotopic (exact) mass is 362 g/mol. The van der Waals surface area contributed by atoms with Crippen LogP contribution in [0.3, 0.4) is 0 Å². The van der Waals surface area contributed by atoms with Crippen LogP contribution in [0, 0.1) is 0 Å². The van der Waals surface area contributed by atoms with Crippen LogP contribution in [0.5, 0.6) is 11.5 Å². The number of likely N-dealkylation sites (tertiary alicyclic amines) is 1. The number of imide groups is 1. The number of nitrogens with one attached hydrogen (secondary N) is 1. The van der Waals surface area contributed by atoms with Crippen LogP contribution >= 0.6 is 11.8 Å². The van der Waals surface area contributed by atoms with Gasteiger partial charge in [0.05, 0.1) is 12.0 Å². The average molecular weight is 362 g/mol. The van der Waals surface area contributed by atoms with E-state index in [9.17, 15) is 9.59 Å². The van der Waals surface area contributed by atoms with E-state index in [2.05, 4.69) is 10.2 Å². The number of amides is 2. The van der Waals surface area contributed by atoms with Crippen LogP contribution in [0.25, 0.3) is 6.08 Å². The Bertz CT molecular complexity index is 684. The van der Waals surface area contributed by atoms with E-state index < -0.39 is 0 Å². The van der Waals surface area contributed by atoms with Gasteiger partial charge in [0.2, 0.25) is 0 Å². The second-order valence-electron chi connectivity index (χ2n) is 6.01. The standard InChI is InChI=1S/C18H22N2O4S/c1-23-15-11-13(12-16-17(21)19-18(22)25-16)5-6-14(15)24-10-9-20-7-3-2-4-8-20/h5-6,11-12H,2-4,7-10H2,1H3,(H,19,21,22)/b16-12+. The molecule has 0 bridgehead atoms. The van der Waals surface area contributed by atoms with Gasteiger partial charge < -0.3 is 9.47 Å². The van der Waals surface area contributed by atoms with E-state index >= 15 is 0 Å². The summed E-state index contributed by atoms with van der Waals surface area (Å²) >= 11 is 0.900. The predicted octanol–water partition coefficient (Wildman–Crippen LogP) is 2.88. The molecule has 3 rings (SSSR count). The number of benzene rings is 1. The molecule has 0 spiro atoms. The molecule has 0 aromatic heterocycles. The molecule has 25 heavy (non-hydrogen) atoms. The molecular weight excluding hydrogens is 340 g/mol. The Morgan fingerprint density at radius 1 is 1.20 bits per heavy atom. The fourth-order valence-corrected chi connectivity index (χ4v) is 3.62. The first-order valence-corrected chi connectivity index (χ1v) is 9.25. The first kappa shape index (κ1) is 17.8. The lowest BCUT2D eigenvalue weighted by Crippen LogP contribution is -2.33. The van der Waals surface area contributed by atoms with Gasteiger partial charge in [0.1, 0.15) is 6.61 Å². The van der Waals surface area contributed by atoms with Gasteiger partial charge in [0.15, 0.2) is 11.5 Å². The molecule has 6 nitrogen and oxygen atoms in total. The summed E-state index contributed by atoms with van der Waals surface area (Å²) in [5, 5.41) is 1.90. The third-order valence-corrected chi connectivity index (χ3v) is 5.05. The van der Waals surface area contributed by atoms with Gasteiger partial charge in [0.25, 0.3) is 11.1 Å². The highest BCUT2D eigenvalue weighted by Gasteiger charge is 2.25. The zero-order chi connectivity index (χ0) is 17.6.